The SMILES string of the molecule is C.CC(C)(N)C(=O)N[C@H](COCc1ccccc1)c1nnc2c(N3CCOCC3)cc(Cl)cn12. The third kappa shape index (κ3) is 6.04. The molecule has 3 heterocycles. The Hall–Kier alpha value is -2.72. The molecule has 34 heavy (non-hydrogen) atoms. The number of carbonyl (C=O) groups is 1. The fraction of sp³-hybridized carbons (Fsp3) is 0.458. The van der Waals surface area contributed by atoms with Gasteiger partial charge in [-0.05, 0) is 25.5 Å². The van der Waals surface area contributed by atoms with Crippen molar-refractivity contribution in [3.63, 3.8) is 0 Å². The maximum atomic E-state index is 12.7. The quantitative estimate of drug-likeness (QED) is 0.502. The van der Waals surface area contributed by atoms with E-state index in [2.05, 4.69) is 20.4 Å². The van der Waals surface area contributed by atoms with Gasteiger partial charge in [-0.1, -0.05) is 49.4 Å². The molecule has 9 nitrogen and oxygen atoms in total. The Bertz CT molecular complexity index is 1090. The van der Waals surface area contributed by atoms with E-state index >= 15 is 0 Å². The van der Waals surface area contributed by atoms with Gasteiger partial charge in [0.05, 0.1) is 42.7 Å². The number of benzene rings is 1. The van der Waals surface area contributed by atoms with E-state index in [1.807, 2.05) is 40.8 Å². The molecule has 0 saturated carbocycles. The molecule has 10 heteroatoms. The van der Waals surface area contributed by atoms with Gasteiger partial charge in [0, 0.05) is 19.3 Å². The fourth-order valence-electron chi connectivity index (χ4n) is 3.63. The predicted octanol–water partition coefficient (Wildman–Crippen LogP) is 2.97. The predicted molar refractivity (Wildman–Crippen MR) is 133 cm³/mol. The number of nitrogens with zero attached hydrogens (tertiary/aromatic N) is 4. The molecule has 1 aliphatic heterocycles. The number of hydrogen-bond donors (Lipinski definition) is 2. The number of hydrogen-bond acceptors (Lipinski definition) is 7. The van der Waals surface area contributed by atoms with Crippen LogP contribution >= 0.6 is 11.6 Å². The average molecular weight is 489 g/mol. The minimum absolute atomic E-state index is 0. The van der Waals surface area contributed by atoms with E-state index in [0.717, 1.165) is 24.3 Å². The molecule has 3 N–H and O–H groups in total. The van der Waals surface area contributed by atoms with Gasteiger partial charge in [-0.3, -0.25) is 9.20 Å². The zero-order valence-electron chi connectivity index (χ0n) is 18.8. The second-order valence-electron chi connectivity index (χ2n) is 8.64. The first-order valence-corrected chi connectivity index (χ1v) is 11.3. The van der Waals surface area contributed by atoms with Gasteiger partial charge in [-0.25, -0.2) is 0 Å². The average Bonchev–Trinajstić information content (AvgIpc) is 3.22. The van der Waals surface area contributed by atoms with Crippen molar-refractivity contribution in [1.29, 1.82) is 0 Å². The zero-order valence-corrected chi connectivity index (χ0v) is 19.6. The molecule has 4 rings (SSSR count). The first kappa shape index (κ1) is 25.9. The van der Waals surface area contributed by atoms with Gasteiger partial charge in [-0.15, -0.1) is 10.2 Å². The normalized spacial score (nSPS) is 15.1. The number of pyridine rings is 1. The van der Waals surface area contributed by atoms with E-state index in [1.165, 1.54) is 0 Å². The fourth-order valence-corrected chi connectivity index (χ4v) is 3.83. The van der Waals surface area contributed by atoms with E-state index < -0.39 is 11.6 Å². The highest BCUT2D eigenvalue weighted by Crippen LogP contribution is 2.28. The molecule has 0 spiro atoms. The number of anilines is 1. The second kappa shape index (κ2) is 11.1. The van der Waals surface area contributed by atoms with Crippen molar-refractivity contribution in [2.45, 2.75) is 39.5 Å². The van der Waals surface area contributed by atoms with Gasteiger partial charge >= 0.3 is 0 Å². The summed E-state index contributed by atoms with van der Waals surface area (Å²) in [5.41, 5.74) is 7.53. The molecule has 3 aromatic rings. The number of morpholine rings is 1. The van der Waals surface area contributed by atoms with Gasteiger partial charge in [0.1, 0.15) is 6.04 Å². The topological polar surface area (TPSA) is 107 Å². The van der Waals surface area contributed by atoms with Crippen molar-refractivity contribution in [2.75, 3.05) is 37.8 Å². The largest absolute Gasteiger partial charge is 0.378 e. The summed E-state index contributed by atoms with van der Waals surface area (Å²) in [6.45, 7) is 6.64. The Morgan fingerprint density at radius 2 is 1.97 bits per heavy atom. The Balaban J connectivity index is 0.00000324. The van der Waals surface area contributed by atoms with Gasteiger partial charge in [0.15, 0.2) is 11.5 Å². The first-order valence-electron chi connectivity index (χ1n) is 10.9. The summed E-state index contributed by atoms with van der Waals surface area (Å²) >= 11 is 6.47. The molecule has 0 unspecified atom stereocenters. The van der Waals surface area contributed by atoms with E-state index in [4.69, 9.17) is 26.8 Å². The monoisotopic (exact) mass is 488 g/mol. The molecule has 1 saturated heterocycles. The van der Waals surface area contributed by atoms with Crippen LogP contribution in [0.25, 0.3) is 5.65 Å². The van der Waals surface area contributed by atoms with E-state index in [1.54, 1.807) is 20.0 Å². The Kier molecular flexibility index (Phi) is 8.48. The molecule has 0 radical (unpaired) electrons. The number of amides is 1. The number of carbonyl (C=O) groups excluding carboxylic acids is 1. The van der Waals surface area contributed by atoms with E-state index in [9.17, 15) is 4.79 Å². The van der Waals surface area contributed by atoms with Gasteiger partial charge < -0.3 is 25.4 Å². The van der Waals surface area contributed by atoms with Crippen LogP contribution in [-0.2, 0) is 20.9 Å². The lowest BCUT2D eigenvalue weighted by Gasteiger charge is -2.29. The van der Waals surface area contributed by atoms with E-state index in [-0.39, 0.29) is 19.9 Å². The van der Waals surface area contributed by atoms with Crippen LogP contribution in [0.5, 0.6) is 0 Å². The number of nitrogens with one attached hydrogen (secondary N) is 1. The second-order valence-corrected chi connectivity index (χ2v) is 9.08. The van der Waals surface area contributed by atoms with Crippen LogP contribution in [0.2, 0.25) is 5.02 Å². The van der Waals surface area contributed by atoms with Crippen molar-refractivity contribution >= 4 is 28.8 Å². The molecule has 0 bridgehead atoms. The molecule has 1 amide bonds. The van der Waals surface area contributed by atoms with Crippen LogP contribution in [0.1, 0.15) is 38.7 Å². The molecular formula is C24H33ClN6O3. The molecule has 2 aromatic heterocycles. The van der Waals surface area contributed by atoms with Crippen LogP contribution in [0, 0.1) is 0 Å². The van der Waals surface area contributed by atoms with Crippen molar-refractivity contribution in [3.05, 3.63) is 59.0 Å². The summed E-state index contributed by atoms with van der Waals surface area (Å²) in [4.78, 5) is 14.9. The third-order valence-corrected chi connectivity index (χ3v) is 5.64. The van der Waals surface area contributed by atoms with E-state index in [0.29, 0.717) is 36.3 Å². The minimum atomic E-state index is -1.06. The maximum absolute atomic E-state index is 12.7. The van der Waals surface area contributed by atoms with Crippen molar-refractivity contribution in [2.24, 2.45) is 5.73 Å². The summed E-state index contributed by atoms with van der Waals surface area (Å²) in [7, 11) is 0. The molecule has 1 atom stereocenters. The smallest absolute Gasteiger partial charge is 0.240 e. The molecule has 1 aromatic carbocycles. The lowest BCUT2D eigenvalue weighted by molar-refractivity contribution is -0.126. The van der Waals surface area contributed by atoms with Crippen LogP contribution in [0.4, 0.5) is 5.69 Å². The molecule has 0 aliphatic carbocycles. The first-order chi connectivity index (χ1) is 15.8. The summed E-state index contributed by atoms with van der Waals surface area (Å²) in [5, 5.41) is 12.3. The van der Waals surface area contributed by atoms with Crippen molar-refractivity contribution in [1.82, 2.24) is 19.9 Å². The third-order valence-electron chi connectivity index (χ3n) is 5.43. The zero-order chi connectivity index (χ0) is 23.4. The number of ether oxygens (including phenoxy) is 2. The molecule has 1 aliphatic rings. The molecule has 1 fully saturated rings. The standard InChI is InChI=1S/C23H29ClN6O3.CH4/c1-23(2,25)22(31)26-18(15-33-14-16-6-4-3-5-7-16)20-27-28-21-19(12-17(24)13-30(20)21)29-8-10-32-11-9-29;/h3-7,12-13,18H,8-11,14-15,25H2,1-2H3,(H,26,31);1H4/t18-;/m1./s1. The number of fused-ring (bicyclic) bond motifs is 1. The van der Waals surface area contributed by atoms with Crippen molar-refractivity contribution in [3.8, 4) is 0 Å². The Morgan fingerprint density at radius 1 is 1.26 bits per heavy atom. The van der Waals surface area contributed by atoms with Crippen molar-refractivity contribution < 1.29 is 14.3 Å². The maximum Gasteiger partial charge on any atom is 0.240 e. The Labute approximate surface area is 205 Å². The van der Waals surface area contributed by atoms with Crippen LogP contribution in [0.15, 0.2) is 42.6 Å². The van der Waals surface area contributed by atoms with Gasteiger partial charge in [0.2, 0.25) is 5.91 Å². The molecule has 184 valence electrons. The van der Waals surface area contributed by atoms with Crippen LogP contribution < -0.4 is 16.0 Å². The lowest BCUT2D eigenvalue weighted by atomic mass is 10.1. The van der Waals surface area contributed by atoms with Gasteiger partial charge in [0.25, 0.3) is 0 Å². The summed E-state index contributed by atoms with van der Waals surface area (Å²) in [5.74, 6) is 0.204. The summed E-state index contributed by atoms with van der Waals surface area (Å²) < 4.78 is 13.2. The summed E-state index contributed by atoms with van der Waals surface area (Å²) in [6, 6.07) is 11.1. The van der Waals surface area contributed by atoms with Gasteiger partial charge in [-0.2, -0.15) is 0 Å². The number of halogens is 1. The highest BCUT2D eigenvalue weighted by Gasteiger charge is 2.29. The number of rotatable bonds is 8. The minimum Gasteiger partial charge on any atom is -0.378 e. The Morgan fingerprint density at radius 3 is 2.65 bits per heavy atom. The summed E-state index contributed by atoms with van der Waals surface area (Å²) in [6.07, 6.45) is 1.75. The molecular weight excluding hydrogens is 456 g/mol. The highest BCUT2D eigenvalue weighted by atomic mass is 35.5. The number of nitrogens with two attached hydrogens (primary N) is 1. The highest BCUT2D eigenvalue weighted by molar-refractivity contribution is 6.30. The lowest BCUT2D eigenvalue weighted by Crippen LogP contribution is -2.50. The van der Waals surface area contributed by atoms with Crippen LogP contribution in [0.3, 0.4) is 0 Å². The van der Waals surface area contributed by atoms with Crippen LogP contribution in [-0.4, -0.2) is 59.0 Å². The number of aromatic nitrogens is 3.